The molecule has 3 nitrogen and oxygen atoms in total. The molecule has 1 N–H and O–H groups in total. The number of anilines is 1. The van der Waals surface area contributed by atoms with Crippen LogP contribution in [0.2, 0.25) is 0 Å². The minimum atomic E-state index is -0.867. The summed E-state index contributed by atoms with van der Waals surface area (Å²) in [7, 11) is 2.04. The minimum Gasteiger partial charge on any atom is -0.478 e. The smallest absolute Gasteiger partial charge is 0.335 e. The second kappa shape index (κ2) is 5.96. The summed E-state index contributed by atoms with van der Waals surface area (Å²) < 4.78 is 0. The Hall–Kier alpha value is -1.16. The normalized spacial score (nSPS) is 12.2. The molecule has 0 aromatic heterocycles. The SMILES string of the molecule is CSCC(C)N(C)c1ccc(C(=O)O)c(C)c1. The third kappa shape index (κ3) is 3.40. The number of carbonyl (C=O) groups is 1. The summed E-state index contributed by atoms with van der Waals surface area (Å²) in [6.45, 7) is 4.00. The fourth-order valence-electron chi connectivity index (χ4n) is 1.71. The van der Waals surface area contributed by atoms with Crippen LogP contribution in [0.15, 0.2) is 18.2 Å². The van der Waals surface area contributed by atoms with Gasteiger partial charge in [0.25, 0.3) is 0 Å². The summed E-state index contributed by atoms with van der Waals surface area (Å²) in [5.41, 5.74) is 2.24. The topological polar surface area (TPSA) is 40.5 Å². The van der Waals surface area contributed by atoms with Crippen molar-refractivity contribution in [1.82, 2.24) is 0 Å². The number of benzene rings is 1. The maximum atomic E-state index is 10.9. The number of thioether (sulfide) groups is 1. The van der Waals surface area contributed by atoms with Crippen molar-refractivity contribution in [1.29, 1.82) is 0 Å². The highest BCUT2D eigenvalue weighted by molar-refractivity contribution is 7.98. The fraction of sp³-hybridized carbons (Fsp3) is 0.462. The molecule has 0 fully saturated rings. The van der Waals surface area contributed by atoms with Gasteiger partial charge in [-0.15, -0.1) is 0 Å². The molecule has 0 spiro atoms. The van der Waals surface area contributed by atoms with Crippen LogP contribution >= 0.6 is 11.8 Å². The molecule has 1 rings (SSSR count). The lowest BCUT2D eigenvalue weighted by molar-refractivity contribution is 0.0696. The highest BCUT2D eigenvalue weighted by Gasteiger charge is 2.12. The average molecular weight is 253 g/mol. The molecule has 17 heavy (non-hydrogen) atoms. The number of carboxylic acid groups (broad SMARTS) is 1. The predicted octanol–water partition coefficient (Wildman–Crippen LogP) is 2.88. The zero-order valence-corrected chi connectivity index (χ0v) is 11.5. The highest BCUT2D eigenvalue weighted by Crippen LogP contribution is 2.21. The van der Waals surface area contributed by atoms with Crippen molar-refractivity contribution in [2.45, 2.75) is 19.9 Å². The van der Waals surface area contributed by atoms with Gasteiger partial charge in [0.2, 0.25) is 0 Å². The van der Waals surface area contributed by atoms with Gasteiger partial charge in [-0.2, -0.15) is 11.8 Å². The first-order valence-corrected chi connectivity index (χ1v) is 6.92. The Morgan fingerprint density at radius 1 is 1.53 bits per heavy atom. The van der Waals surface area contributed by atoms with Crippen LogP contribution in [0.25, 0.3) is 0 Å². The Morgan fingerprint density at radius 2 is 2.18 bits per heavy atom. The Bertz CT molecular complexity index is 406. The lowest BCUT2D eigenvalue weighted by Gasteiger charge is -2.27. The van der Waals surface area contributed by atoms with Crippen LogP contribution in [0, 0.1) is 6.92 Å². The molecular weight excluding hydrogens is 234 g/mol. The van der Waals surface area contributed by atoms with E-state index in [0.717, 1.165) is 17.0 Å². The molecule has 4 heteroatoms. The van der Waals surface area contributed by atoms with E-state index in [1.165, 1.54) is 0 Å². The molecule has 0 radical (unpaired) electrons. The first-order valence-electron chi connectivity index (χ1n) is 5.53. The van der Waals surface area contributed by atoms with Crippen molar-refractivity contribution in [3.05, 3.63) is 29.3 Å². The number of aromatic carboxylic acids is 1. The molecule has 0 saturated carbocycles. The summed E-state index contributed by atoms with van der Waals surface area (Å²) in [5, 5.41) is 8.97. The number of rotatable bonds is 5. The van der Waals surface area contributed by atoms with Crippen molar-refractivity contribution < 1.29 is 9.90 Å². The summed E-state index contributed by atoms with van der Waals surface area (Å²) >= 11 is 1.81. The van der Waals surface area contributed by atoms with E-state index in [-0.39, 0.29) is 0 Å². The van der Waals surface area contributed by atoms with E-state index in [1.54, 1.807) is 6.07 Å². The quantitative estimate of drug-likeness (QED) is 0.876. The molecule has 0 aliphatic carbocycles. The van der Waals surface area contributed by atoms with Crippen molar-refractivity contribution in [3.8, 4) is 0 Å². The molecule has 1 aromatic carbocycles. The van der Waals surface area contributed by atoms with E-state index in [1.807, 2.05) is 37.9 Å². The van der Waals surface area contributed by atoms with Crippen LogP contribution < -0.4 is 4.90 Å². The number of nitrogens with zero attached hydrogens (tertiary/aromatic N) is 1. The van der Waals surface area contributed by atoms with Crippen molar-refractivity contribution in [3.63, 3.8) is 0 Å². The van der Waals surface area contributed by atoms with Gasteiger partial charge in [-0.05, 0) is 43.9 Å². The summed E-state index contributed by atoms with van der Waals surface area (Å²) in [6.07, 6.45) is 2.09. The molecule has 1 aromatic rings. The van der Waals surface area contributed by atoms with Crippen LogP contribution in [0.5, 0.6) is 0 Å². The van der Waals surface area contributed by atoms with Gasteiger partial charge < -0.3 is 10.0 Å². The van der Waals surface area contributed by atoms with Crippen molar-refractivity contribution in [2.75, 3.05) is 24.0 Å². The van der Waals surface area contributed by atoms with E-state index in [9.17, 15) is 4.79 Å². The molecule has 0 amide bonds. The second-order valence-electron chi connectivity index (χ2n) is 4.22. The van der Waals surface area contributed by atoms with Gasteiger partial charge >= 0.3 is 5.97 Å². The second-order valence-corrected chi connectivity index (χ2v) is 5.13. The summed E-state index contributed by atoms with van der Waals surface area (Å²) in [4.78, 5) is 13.1. The summed E-state index contributed by atoms with van der Waals surface area (Å²) in [6, 6.07) is 5.91. The standard InChI is InChI=1S/C13H19NO2S/c1-9-7-11(5-6-12(9)13(15)16)14(3)10(2)8-17-4/h5-7,10H,8H2,1-4H3,(H,15,16). The number of hydrogen-bond acceptors (Lipinski definition) is 3. The molecule has 0 bridgehead atoms. The monoisotopic (exact) mass is 253 g/mol. The van der Waals surface area contributed by atoms with Crippen molar-refractivity contribution >= 4 is 23.4 Å². The molecule has 1 atom stereocenters. The Labute approximate surface area is 107 Å². The van der Waals surface area contributed by atoms with Crippen LogP contribution in [-0.4, -0.2) is 36.2 Å². The number of carboxylic acids is 1. The highest BCUT2D eigenvalue weighted by atomic mass is 32.2. The van der Waals surface area contributed by atoms with Crippen molar-refractivity contribution in [2.24, 2.45) is 0 Å². The molecule has 0 heterocycles. The fourth-order valence-corrected chi connectivity index (χ4v) is 2.42. The zero-order chi connectivity index (χ0) is 13.0. The van der Waals surface area contributed by atoms with Gasteiger partial charge in [0.1, 0.15) is 0 Å². The molecule has 94 valence electrons. The van der Waals surface area contributed by atoms with Gasteiger partial charge in [-0.3, -0.25) is 0 Å². The first-order chi connectivity index (χ1) is 7.97. The predicted molar refractivity (Wildman–Crippen MR) is 74.4 cm³/mol. The first kappa shape index (κ1) is 13.9. The third-order valence-corrected chi connectivity index (χ3v) is 3.73. The van der Waals surface area contributed by atoms with Crippen LogP contribution in [0.3, 0.4) is 0 Å². The average Bonchev–Trinajstić information content (AvgIpc) is 2.27. The third-order valence-electron chi connectivity index (χ3n) is 2.92. The van der Waals surface area contributed by atoms with Gasteiger partial charge in [-0.1, -0.05) is 0 Å². The minimum absolute atomic E-state index is 0.375. The van der Waals surface area contributed by atoms with E-state index in [2.05, 4.69) is 18.1 Å². The largest absolute Gasteiger partial charge is 0.478 e. The Morgan fingerprint density at radius 3 is 2.65 bits per heavy atom. The van der Waals surface area contributed by atoms with Gasteiger partial charge in [-0.25, -0.2) is 4.79 Å². The van der Waals surface area contributed by atoms with E-state index < -0.39 is 5.97 Å². The summed E-state index contributed by atoms with van der Waals surface area (Å²) in [5.74, 6) is 0.185. The van der Waals surface area contributed by atoms with E-state index in [0.29, 0.717) is 11.6 Å². The molecular formula is C13H19NO2S. The Balaban J connectivity index is 2.93. The lowest BCUT2D eigenvalue weighted by atomic mass is 10.1. The van der Waals surface area contributed by atoms with Crippen LogP contribution in [-0.2, 0) is 0 Å². The molecule has 0 saturated heterocycles. The van der Waals surface area contributed by atoms with Gasteiger partial charge in [0, 0.05) is 24.5 Å². The number of hydrogen-bond donors (Lipinski definition) is 1. The number of aryl methyl sites for hydroxylation is 1. The maximum Gasteiger partial charge on any atom is 0.335 e. The lowest BCUT2D eigenvalue weighted by Crippen LogP contribution is -2.30. The van der Waals surface area contributed by atoms with E-state index in [4.69, 9.17) is 5.11 Å². The van der Waals surface area contributed by atoms with Crippen LogP contribution in [0.1, 0.15) is 22.8 Å². The van der Waals surface area contributed by atoms with E-state index >= 15 is 0 Å². The zero-order valence-electron chi connectivity index (χ0n) is 10.7. The molecule has 1 unspecified atom stereocenters. The van der Waals surface area contributed by atoms with Gasteiger partial charge in [0.15, 0.2) is 0 Å². The molecule has 0 aliphatic heterocycles. The maximum absolute atomic E-state index is 10.9. The van der Waals surface area contributed by atoms with Gasteiger partial charge in [0.05, 0.1) is 5.56 Å². The van der Waals surface area contributed by atoms with Crippen LogP contribution in [0.4, 0.5) is 5.69 Å². The Kier molecular flexibility index (Phi) is 4.87. The molecule has 0 aliphatic rings.